The monoisotopic (exact) mass is 438 g/mol. The van der Waals surface area contributed by atoms with E-state index in [0.29, 0.717) is 25.1 Å². The topological polar surface area (TPSA) is 102 Å². The maximum Gasteiger partial charge on any atom is 0.337 e. The zero-order valence-electron chi connectivity index (χ0n) is 17.3. The van der Waals surface area contributed by atoms with Crippen molar-refractivity contribution in [2.75, 3.05) is 19.9 Å². The van der Waals surface area contributed by atoms with Crippen molar-refractivity contribution in [2.45, 2.75) is 24.7 Å². The lowest BCUT2D eigenvalue weighted by Gasteiger charge is -2.27. The zero-order valence-corrected chi connectivity index (χ0v) is 18.1. The number of esters is 1. The number of benzene rings is 1. The second kappa shape index (κ2) is 8.52. The van der Waals surface area contributed by atoms with Gasteiger partial charge in [0.25, 0.3) is 0 Å². The maximum atomic E-state index is 11.7. The van der Waals surface area contributed by atoms with Crippen LogP contribution in [0, 0.1) is 0 Å². The molecule has 31 heavy (non-hydrogen) atoms. The minimum atomic E-state index is -3.41. The van der Waals surface area contributed by atoms with Crippen LogP contribution in [-0.2, 0) is 34.1 Å². The van der Waals surface area contributed by atoms with Gasteiger partial charge in [-0.05, 0) is 24.3 Å². The van der Waals surface area contributed by atoms with E-state index in [4.69, 9.17) is 9.72 Å². The number of methoxy groups -OCH3 is 1. The molecule has 160 valence electrons. The van der Waals surface area contributed by atoms with Crippen molar-refractivity contribution in [3.05, 3.63) is 71.2 Å². The number of pyridine rings is 1. The highest BCUT2D eigenvalue weighted by Gasteiger charge is 2.21. The third-order valence-electron chi connectivity index (χ3n) is 5.12. The number of hydrogen-bond donors (Lipinski definition) is 0. The molecule has 0 fully saturated rings. The molecule has 8 nitrogen and oxygen atoms in total. The van der Waals surface area contributed by atoms with E-state index in [-0.39, 0.29) is 11.1 Å². The molecule has 0 saturated carbocycles. The number of carbonyl (C=O) groups is 1. The number of nitrogens with zero attached hydrogens (tertiary/aromatic N) is 4. The van der Waals surface area contributed by atoms with Gasteiger partial charge in [-0.1, -0.05) is 18.2 Å². The summed E-state index contributed by atoms with van der Waals surface area (Å²) in [4.78, 5) is 26.9. The van der Waals surface area contributed by atoms with E-state index < -0.39 is 9.84 Å². The number of ether oxygens (including phenoxy) is 1. The van der Waals surface area contributed by atoms with Crippen LogP contribution in [0.5, 0.6) is 0 Å². The number of hydrogen-bond acceptors (Lipinski definition) is 8. The lowest BCUT2D eigenvalue weighted by molar-refractivity contribution is 0.0600. The van der Waals surface area contributed by atoms with Crippen LogP contribution in [0.25, 0.3) is 11.3 Å². The predicted octanol–water partition coefficient (Wildman–Crippen LogP) is 2.29. The molecule has 0 unspecified atom stereocenters. The van der Waals surface area contributed by atoms with Crippen molar-refractivity contribution in [1.29, 1.82) is 0 Å². The van der Waals surface area contributed by atoms with E-state index in [1.54, 1.807) is 18.3 Å². The van der Waals surface area contributed by atoms with Gasteiger partial charge in [0.1, 0.15) is 0 Å². The third kappa shape index (κ3) is 4.78. The van der Waals surface area contributed by atoms with Crippen LogP contribution in [-0.4, -0.2) is 54.1 Å². The van der Waals surface area contributed by atoms with Crippen LogP contribution in [0.4, 0.5) is 0 Å². The fourth-order valence-electron chi connectivity index (χ4n) is 3.52. The predicted molar refractivity (Wildman–Crippen MR) is 114 cm³/mol. The van der Waals surface area contributed by atoms with E-state index in [9.17, 15) is 13.2 Å². The summed E-state index contributed by atoms with van der Waals surface area (Å²) < 4.78 is 28.1. The Labute approximate surface area is 180 Å². The molecule has 2 aromatic heterocycles. The van der Waals surface area contributed by atoms with E-state index in [0.717, 1.165) is 41.0 Å². The highest BCUT2D eigenvalue weighted by molar-refractivity contribution is 7.90. The lowest BCUT2D eigenvalue weighted by atomic mass is 10.1. The lowest BCUT2D eigenvalue weighted by Crippen LogP contribution is -2.31. The first-order chi connectivity index (χ1) is 14.8. The van der Waals surface area contributed by atoms with Crippen LogP contribution in [0.2, 0.25) is 0 Å². The average molecular weight is 439 g/mol. The first kappa shape index (κ1) is 21.1. The van der Waals surface area contributed by atoms with Gasteiger partial charge in [0.15, 0.2) is 0 Å². The normalized spacial score (nSPS) is 14.1. The molecule has 0 aliphatic carbocycles. The first-order valence-electron chi connectivity index (χ1n) is 9.75. The molecule has 0 bridgehead atoms. The molecule has 1 aliphatic heterocycles. The summed E-state index contributed by atoms with van der Waals surface area (Å²) in [6.45, 7) is 2.05. The molecule has 0 amide bonds. The molecule has 4 rings (SSSR count). The van der Waals surface area contributed by atoms with Crippen molar-refractivity contribution < 1.29 is 17.9 Å². The van der Waals surface area contributed by atoms with Crippen molar-refractivity contribution >= 4 is 15.8 Å². The summed E-state index contributed by atoms with van der Waals surface area (Å²) in [6, 6.07) is 13.0. The molecular weight excluding hydrogens is 416 g/mol. The Morgan fingerprint density at radius 3 is 2.61 bits per heavy atom. The second-order valence-corrected chi connectivity index (χ2v) is 9.35. The third-order valence-corrected chi connectivity index (χ3v) is 5.98. The molecule has 0 radical (unpaired) electrons. The Morgan fingerprint density at radius 2 is 1.90 bits per heavy atom. The van der Waals surface area contributed by atoms with Crippen LogP contribution in [0.15, 0.2) is 53.8 Å². The van der Waals surface area contributed by atoms with Gasteiger partial charge in [-0.25, -0.2) is 23.2 Å². The Bertz CT molecular complexity index is 1230. The quantitative estimate of drug-likeness (QED) is 0.442. The molecule has 0 saturated heterocycles. The number of carbonyl (C=O) groups excluding carboxylic acids is 1. The SMILES string of the molecule is COC(=O)c1ccc(-c2cccc(CN3CCc4nc(S(C)(=O)=O)ncc4C3)n2)cc1. The van der Waals surface area contributed by atoms with E-state index in [1.165, 1.54) is 7.11 Å². The Morgan fingerprint density at radius 1 is 1.13 bits per heavy atom. The van der Waals surface area contributed by atoms with Gasteiger partial charge in [0.05, 0.1) is 29.8 Å². The summed E-state index contributed by atoms with van der Waals surface area (Å²) in [6.07, 6.45) is 3.39. The van der Waals surface area contributed by atoms with Crippen molar-refractivity contribution in [3.8, 4) is 11.3 Å². The number of rotatable bonds is 5. The molecule has 1 aromatic carbocycles. The minimum absolute atomic E-state index is 0.118. The average Bonchev–Trinajstić information content (AvgIpc) is 2.78. The number of aromatic nitrogens is 3. The maximum absolute atomic E-state index is 11.7. The fourth-order valence-corrected chi connectivity index (χ4v) is 4.04. The van der Waals surface area contributed by atoms with Crippen LogP contribution < -0.4 is 0 Å². The fraction of sp³-hybridized carbons (Fsp3) is 0.273. The van der Waals surface area contributed by atoms with Gasteiger partial charge in [0.2, 0.25) is 15.0 Å². The first-order valence-corrected chi connectivity index (χ1v) is 11.6. The number of fused-ring (bicyclic) bond motifs is 1. The molecule has 0 spiro atoms. The van der Waals surface area contributed by atoms with Gasteiger partial charge < -0.3 is 4.74 Å². The summed E-state index contributed by atoms with van der Waals surface area (Å²) in [5, 5.41) is -0.118. The summed E-state index contributed by atoms with van der Waals surface area (Å²) in [5.74, 6) is -0.369. The van der Waals surface area contributed by atoms with Gasteiger partial charge >= 0.3 is 5.97 Å². The molecule has 9 heteroatoms. The highest BCUT2D eigenvalue weighted by Crippen LogP contribution is 2.22. The molecule has 3 aromatic rings. The molecule has 0 N–H and O–H groups in total. The summed E-state index contributed by atoms with van der Waals surface area (Å²) in [5.41, 5.74) is 4.89. The van der Waals surface area contributed by atoms with Crippen LogP contribution in [0.1, 0.15) is 27.3 Å². The highest BCUT2D eigenvalue weighted by atomic mass is 32.2. The Kier molecular flexibility index (Phi) is 5.79. The largest absolute Gasteiger partial charge is 0.465 e. The van der Waals surface area contributed by atoms with Gasteiger partial charge in [-0.15, -0.1) is 0 Å². The van der Waals surface area contributed by atoms with E-state index in [1.807, 2.05) is 30.3 Å². The molecular formula is C22H22N4O4S. The van der Waals surface area contributed by atoms with E-state index >= 15 is 0 Å². The molecule has 1 aliphatic rings. The summed E-state index contributed by atoms with van der Waals surface area (Å²) >= 11 is 0. The molecule has 0 atom stereocenters. The van der Waals surface area contributed by atoms with Crippen molar-refractivity contribution in [3.63, 3.8) is 0 Å². The van der Waals surface area contributed by atoms with Crippen molar-refractivity contribution in [2.24, 2.45) is 0 Å². The van der Waals surface area contributed by atoms with E-state index in [2.05, 4.69) is 14.9 Å². The van der Waals surface area contributed by atoms with Gasteiger partial charge in [-0.3, -0.25) is 9.88 Å². The van der Waals surface area contributed by atoms with Gasteiger partial charge in [-0.2, -0.15) is 0 Å². The van der Waals surface area contributed by atoms with Crippen LogP contribution in [0.3, 0.4) is 0 Å². The number of sulfone groups is 1. The minimum Gasteiger partial charge on any atom is -0.465 e. The standard InChI is InChI=1S/C22H22N4O4S/c1-30-21(27)16-8-6-15(7-9-16)19-5-3-4-18(24-19)14-26-11-10-20-17(13-26)12-23-22(25-20)31(2,28)29/h3-9,12H,10-11,13-14H2,1-2H3. The van der Waals surface area contributed by atoms with Gasteiger partial charge in [0, 0.05) is 49.6 Å². The zero-order chi connectivity index (χ0) is 22.0. The van der Waals surface area contributed by atoms with Crippen LogP contribution >= 0.6 is 0 Å². The summed E-state index contributed by atoms with van der Waals surface area (Å²) in [7, 11) is -2.05. The molecule has 3 heterocycles. The smallest absolute Gasteiger partial charge is 0.337 e. The Balaban J connectivity index is 1.48. The Hall–Kier alpha value is -3.17. The van der Waals surface area contributed by atoms with Crippen molar-refractivity contribution in [1.82, 2.24) is 19.9 Å². The second-order valence-electron chi connectivity index (χ2n) is 7.44.